The van der Waals surface area contributed by atoms with Gasteiger partial charge in [0, 0.05) is 11.7 Å². The van der Waals surface area contributed by atoms with Crippen LogP contribution in [0.2, 0.25) is 0 Å². The molecule has 30 heavy (non-hydrogen) atoms. The number of hydrogen-bond donors (Lipinski definition) is 0. The van der Waals surface area contributed by atoms with E-state index in [9.17, 15) is 0 Å². The highest BCUT2D eigenvalue weighted by molar-refractivity contribution is 5.73. The number of aromatic nitrogens is 1. The van der Waals surface area contributed by atoms with Crippen LogP contribution in [0.3, 0.4) is 0 Å². The summed E-state index contributed by atoms with van der Waals surface area (Å²) in [6.45, 7) is 10.8. The summed E-state index contributed by atoms with van der Waals surface area (Å²) in [7, 11) is 0. The van der Waals surface area contributed by atoms with Crippen LogP contribution < -0.4 is 4.74 Å². The van der Waals surface area contributed by atoms with Crippen LogP contribution in [-0.4, -0.2) is 35.1 Å². The Bertz CT molecular complexity index is 804. The molecule has 3 nitrogen and oxygen atoms in total. The van der Waals surface area contributed by atoms with Crippen molar-refractivity contribution in [2.75, 3.05) is 19.7 Å². The Hall–Kier alpha value is -1.35. The minimum atomic E-state index is 0.301. The van der Waals surface area contributed by atoms with Crippen LogP contribution in [0, 0.1) is 23.2 Å². The Morgan fingerprint density at radius 1 is 1.07 bits per heavy atom. The maximum absolute atomic E-state index is 5.90. The lowest BCUT2D eigenvalue weighted by Gasteiger charge is -2.60. The van der Waals surface area contributed by atoms with Gasteiger partial charge in [-0.25, -0.2) is 0 Å². The van der Waals surface area contributed by atoms with E-state index in [1.54, 1.807) is 5.57 Å². The molecule has 5 rings (SSSR count). The van der Waals surface area contributed by atoms with Crippen LogP contribution in [0.1, 0.15) is 84.1 Å². The van der Waals surface area contributed by atoms with Crippen LogP contribution in [0.5, 0.6) is 5.75 Å². The molecular weight excluding hydrogens is 368 g/mol. The molecule has 1 saturated carbocycles. The molecule has 0 bridgehead atoms. The highest BCUT2D eigenvalue weighted by Gasteiger charge is 2.57. The van der Waals surface area contributed by atoms with Gasteiger partial charge >= 0.3 is 0 Å². The van der Waals surface area contributed by atoms with Crippen molar-refractivity contribution in [3.8, 4) is 5.75 Å². The summed E-state index contributed by atoms with van der Waals surface area (Å²) in [5.41, 5.74) is 3.59. The van der Waals surface area contributed by atoms with Crippen LogP contribution in [0.25, 0.3) is 5.57 Å². The molecule has 1 aromatic heterocycles. The van der Waals surface area contributed by atoms with Gasteiger partial charge in [0.25, 0.3) is 0 Å². The molecule has 3 heteroatoms. The quantitative estimate of drug-likeness (QED) is 0.581. The van der Waals surface area contributed by atoms with E-state index in [4.69, 9.17) is 4.74 Å². The summed E-state index contributed by atoms with van der Waals surface area (Å²) in [5, 5.41) is 0. The predicted octanol–water partition coefficient (Wildman–Crippen LogP) is 6.34. The zero-order valence-electron chi connectivity index (χ0n) is 19.3. The van der Waals surface area contributed by atoms with E-state index in [0.29, 0.717) is 11.0 Å². The second-order valence-electron chi connectivity index (χ2n) is 10.9. The van der Waals surface area contributed by atoms with Gasteiger partial charge in [0.05, 0.1) is 12.8 Å². The van der Waals surface area contributed by atoms with E-state index < -0.39 is 0 Å². The smallest absolute Gasteiger partial charge is 0.138 e. The van der Waals surface area contributed by atoms with Gasteiger partial charge < -0.3 is 4.74 Å². The highest BCUT2D eigenvalue weighted by Crippen LogP contribution is 2.63. The zero-order chi connectivity index (χ0) is 20.8. The van der Waals surface area contributed by atoms with Gasteiger partial charge in [-0.1, -0.05) is 32.8 Å². The molecular formula is C27H40N2O. The maximum Gasteiger partial charge on any atom is 0.138 e. The molecule has 2 aliphatic carbocycles. The van der Waals surface area contributed by atoms with Crippen molar-refractivity contribution in [3.05, 3.63) is 30.1 Å². The second-order valence-corrected chi connectivity index (χ2v) is 10.9. The third kappa shape index (κ3) is 3.23. The third-order valence-corrected chi connectivity index (χ3v) is 9.38. The van der Waals surface area contributed by atoms with Crippen molar-refractivity contribution in [2.45, 2.75) is 84.1 Å². The SMILES string of the molecule is CCCOc1cncc(C2=CCC3C4CCN5CCCCC[C@]5(C)C4CC[C@]23C)c1. The number of ether oxygens (including phenoxy) is 1. The molecule has 1 aromatic rings. The monoisotopic (exact) mass is 408 g/mol. The summed E-state index contributed by atoms with van der Waals surface area (Å²) < 4.78 is 5.90. The lowest BCUT2D eigenvalue weighted by atomic mass is 9.52. The average molecular weight is 409 g/mol. The number of fused-ring (bicyclic) bond motifs is 5. The van der Waals surface area contributed by atoms with Crippen LogP contribution >= 0.6 is 0 Å². The molecule has 0 spiro atoms. The summed E-state index contributed by atoms with van der Waals surface area (Å²) in [6.07, 6.45) is 18.6. The van der Waals surface area contributed by atoms with E-state index >= 15 is 0 Å². The van der Waals surface area contributed by atoms with Crippen LogP contribution in [-0.2, 0) is 0 Å². The number of allylic oxidation sites excluding steroid dienone is 2. The molecule has 2 saturated heterocycles. The topological polar surface area (TPSA) is 25.4 Å². The van der Waals surface area contributed by atoms with Crippen molar-refractivity contribution >= 4 is 5.57 Å². The van der Waals surface area contributed by atoms with E-state index in [1.165, 1.54) is 70.0 Å². The number of hydrogen-bond acceptors (Lipinski definition) is 3. The lowest BCUT2D eigenvalue weighted by molar-refractivity contribution is -0.0868. The highest BCUT2D eigenvalue weighted by atomic mass is 16.5. The number of nitrogens with zero attached hydrogens (tertiary/aromatic N) is 2. The summed E-state index contributed by atoms with van der Waals surface area (Å²) in [4.78, 5) is 7.43. The minimum absolute atomic E-state index is 0.301. The standard InChI is InChI=1S/C27H40N2O/c1-4-16-30-21-17-20(18-28-19-21)23-8-9-24-22-11-15-29-14-7-5-6-12-27(29,3)25(22)10-13-26(23,24)2/h8,17-19,22,24-25H,4-7,9-16H2,1-3H3/t22?,24?,25?,26-,27-/m1/s1. The molecule has 5 atom stereocenters. The zero-order valence-corrected chi connectivity index (χ0v) is 19.3. The fourth-order valence-corrected chi connectivity index (χ4v) is 7.81. The van der Waals surface area contributed by atoms with Crippen LogP contribution in [0.4, 0.5) is 0 Å². The predicted molar refractivity (Wildman–Crippen MR) is 123 cm³/mol. The molecule has 0 amide bonds. The largest absolute Gasteiger partial charge is 0.492 e. The molecule has 2 aliphatic heterocycles. The Balaban J connectivity index is 1.40. The van der Waals surface area contributed by atoms with Crippen molar-refractivity contribution in [1.29, 1.82) is 0 Å². The molecule has 4 aliphatic rings. The fourth-order valence-electron chi connectivity index (χ4n) is 7.81. The van der Waals surface area contributed by atoms with E-state index in [2.05, 4.69) is 49.0 Å². The van der Waals surface area contributed by atoms with Gasteiger partial charge in [-0.3, -0.25) is 9.88 Å². The maximum atomic E-state index is 5.90. The Kier molecular flexibility index (Phi) is 5.46. The molecule has 3 fully saturated rings. The molecule has 164 valence electrons. The van der Waals surface area contributed by atoms with Gasteiger partial charge in [0.2, 0.25) is 0 Å². The molecule has 3 heterocycles. The van der Waals surface area contributed by atoms with Crippen molar-refractivity contribution < 1.29 is 4.74 Å². The van der Waals surface area contributed by atoms with Crippen LogP contribution in [0.15, 0.2) is 24.5 Å². The summed E-state index contributed by atoms with van der Waals surface area (Å²) in [6, 6.07) is 2.24. The first kappa shape index (κ1) is 20.5. The number of rotatable bonds is 4. The minimum Gasteiger partial charge on any atom is -0.492 e. The molecule has 3 unspecified atom stereocenters. The first-order chi connectivity index (χ1) is 14.6. The fraction of sp³-hybridized carbons (Fsp3) is 0.741. The van der Waals surface area contributed by atoms with Gasteiger partial charge in [-0.2, -0.15) is 0 Å². The second kappa shape index (κ2) is 7.97. The van der Waals surface area contributed by atoms with Gasteiger partial charge in [0.1, 0.15) is 5.75 Å². The first-order valence-electron chi connectivity index (χ1n) is 12.6. The molecule has 0 N–H and O–H groups in total. The van der Waals surface area contributed by atoms with Crippen molar-refractivity contribution in [1.82, 2.24) is 9.88 Å². The normalized spacial score (nSPS) is 38.8. The summed E-state index contributed by atoms with van der Waals surface area (Å²) >= 11 is 0. The van der Waals surface area contributed by atoms with E-state index in [0.717, 1.165) is 36.5 Å². The lowest BCUT2D eigenvalue weighted by Crippen LogP contribution is -2.61. The summed E-state index contributed by atoms with van der Waals surface area (Å²) in [5.74, 6) is 3.49. The number of pyridine rings is 1. The average Bonchev–Trinajstić information content (AvgIpc) is 2.98. The number of piperidine rings is 1. The van der Waals surface area contributed by atoms with Gasteiger partial charge in [-0.15, -0.1) is 0 Å². The van der Waals surface area contributed by atoms with Crippen molar-refractivity contribution in [2.24, 2.45) is 23.2 Å². The Morgan fingerprint density at radius 2 is 1.97 bits per heavy atom. The van der Waals surface area contributed by atoms with E-state index in [1.807, 2.05) is 6.20 Å². The molecule has 0 aromatic carbocycles. The Morgan fingerprint density at radius 3 is 2.83 bits per heavy atom. The molecule has 0 radical (unpaired) electrons. The Labute approximate surface area is 183 Å². The third-order valence-electron chi connectivity index (χ3n) is 9.38. The van der Waals surface area contributed by atoms with E-state index in [-0.39, 0.29) is 0 Å². The van der Waals surface area contributed by atoms with Gasteiger partial charge in [0.15, 0.2) is 0 Å². The van der Waals surface area contributed by atoms with Crippen molar-refractivity contribution in [3.63, 3.8) is 0 Å². The van der Waals surface area contributed by atoms with Gasteiger partial charge in [-0.05, 0) is 105 Å². The first-order valence-corrected chi connectivity index (χ1v) is 12.6.